The van der Waals surface area contributed by atoms with Crippen molar-refractivity contribution in [3.8, 4) is 11.5 Å². The molecule has 3 rings (SSSR count). The Kier molecular flexibility index (Phi) is 3.84. The molecule has 0 spiro atoms. The summed E-state index contributed by atoms with van der Waals surface area (Å²) in [6.07, 6.45) is 2.70. The molecule has 3 nitrogen and oxygen atoms in total. The highest BCUT2D eigenvalue weighted by Crippen LogP contribution is 2.29. The second-order valence-corrected chi connectivity index (χ2v) is 5.02. The molecule has 3 aromatic rings. The van der Waals surface area contributed by atoms with Crippen molar-refractivity contribution in [3.63, 3.8) is 0 Å². The molecule has 0 aliphatic heterocycles. The van der Waals surface area contributed by atoms with Crippen LogP contribution in [0.15, 0.2) is 60.8 Å². The van der Waals surface area contributed by atoms with Crippen LogP contribution in [-0.2, 0) is 0 Å². The van der Waals surface area contributed by atoms with E-state index in [1.54, 1.807) is 6.20 Å². The van der Waals surface area contributed by atoms with Crippen molar-refractivity contribution in [3.05, 3.63) is 66.4 Å². The Balaban J connectivity index is 1.88. The second kappa shape index (κ2) is 5.94. The Labute approximate surface area is 124 Å². The number of benzene rings is 2. The Bertz CT molecular complexity index is 732. The van der Waals surface area contributed by atoms with Gasteiger partial charge in [-0.3, -0.25) is 4.98 Å². The van der Waals surface area contributed by atoms with Crippen molar-refractivity contribution < 1.29 is 4.74 Å². The predicted molar refractivity (Wildman–Crippen MR) is 85.5 cm³/mol. The summed E-state index contributed by atoms with van der Waals surface area (Å²) in [5.41, 5.74) is 8.02. The minimum atomic E-state index is 0.0817. The van der Waals surface area contributed by atoms with Gasteiger partial charge in [0.15, 0.2) is 5.75 Å². The number of nitrogens with two attached hydrogens (primary N) is 1. The molecule has 0 bridgehead atoms. The SMILES string of the molecule is CCC(N)c1ccc(Oc2cccc3cccnc23)cc1. The number of pyridine rings is 1. The molecule has 1 atom stereocenters. The summed E-state index contributed by atoms with van der Waals surface area (Å²) in [6.45, 7) is 2.08. The van der Waals surface area contributed by atoms with E-state index in [-0.39, 0.29) is 6.04 Å². The van der Waals surface area contributed by atoms with E-state index in [1.165, 1.54) is 0 Å². The van der Waals surface area contributed by atoms with Crippen molar-refractivity contribution in [1.29, 1.82) is 0 Å². The van der Waals surface area contributed by atoms with Gasteiger partial charge in [0.05, 0.1) is 0 Å². The second-order valence-electron chi connectivity index (χ2n) is 5.02. The molecule has 0 fully saturated rings. The van der Waals surface area contributed by atoms with Gasteiger partial charge in [0.2, 0.25) is 0 Å². The fraction of sp³-hybridized carbons (Fsp3) is 0.167. The van der Waals surface area contributed by atoms with Crippen LogP contribution >= 0.6 is 0 Å². The minimum absolute atomic E-state index is 0.0817. The Morgan fingerprint density at radius 2 is 1.81 bits per heavy atom. The summed E-state index contributed by atoms with van der Waals surface area (Å²) < 4.78 is 5.96. The maximum Gasteiger partial charge on any atom is 0.153 e. The molecule has 3 heteroatoms. The van der Waals surface area contributed by atoms with Crippen LogP contribution in [0.3, 0.4) is 0 Å². The van der Waals surface area contributed by atoms with E-state index in [4.69, 9.17) is 10.5 Å². The molecule has 1 heterocycles. The Hall–Kier alpha value is -2.39. The first-order valence-corrected chi connectivity index (χ1v) is 7.15. The first-order chi connectivity index (χ1) is 10.3. The number of aromatic nitrogens is 1. The van der Waals surface area contributed by atoms with Gasteiger partial charge in [-0.05, 0) is 36.2 Å². The first-order valence-electron chi connectivity index (χ1n) is 7.15. The van der Waals surface area contributed by atoms with Gasteiger partial charge in [0, 0.05) is 17.6 Å². The number of nitrogens with zero attached hydrogens (tertiary/aromatic N) is 1. The summed E-state index contributed by atoms with van der Waals surface area (Å²) >= 11 is 0. The quantitative estimate of drug-likeness (QED) is 0.767. The molecule has 1 unspecified atom stereocenters. The lowest BCUT2D eigenvalue weighted by atomic mass is 10.1. The third-order valence-corrected chi connectivity index (χ3v) is 3.57. The van der Waals surface area contributed by atoms with Gasteiger partial charge in [-0.15, -0.1) is 0 Å². The summed E-state index contributed by atoms with van der Waals surface area (Å²) in [5.74, 6) is 1.56. The average Bonchev–Trinajstić information content (AvgIpc) is 2.55. The number of hydrogen-bond donors (Lipinski definition) is 1. The lowest BCUT2D eigenvalue weighted by molar-refractivity contribution is 0.486. The lowest BCUT2D eigenvalue weighted by Crippen LogP contribution is -2.08. The topological polar surface area (TPSA) is 48.1 Å². The van der Waals surface area contributed by atoms with Crippen LogP contribution in [0.1, 0.15) is 24.9 Å². The third kappa shape index (κ3) is 2.88. The monoisotopic (exact) mass is 278 g/mol. The Morgan fingerprint density at radius 1 is 1.05 bits per heavy atom. The van der Waals surface area contributed by atoms with Crippen LogP contribution in [0.4, 0.5) is 0 Å². The van der Waals surface area contributed by atoms with Crippen LogP contribution in [0.25, 0.3) is 10.9 Å². The van der Waals surface area contributed by atoms with E-state index < -0.39 is 0 Å². The van der Waals surface area contributed by atoms with Gasteiger partial charge in [0.25, 0.3) is 0 Å². The van der Waals surface area contributed by atoms with Crippen LogP contribution in [0.5, 0.6) is 11.5 Å². The summed E-state index contributed by atoms with van der Waals surface area (Å²) in [6, 6.07) is 17.9. The summed E-state index contributed by atoms with van der Waals surface area (Å²) in [5, 5.41) is 1.07. The van der Waals surface area contributed by atoms with E-state index in [9.17, 15) is 0 Å². The van der Waals surface area contributed by atoms with Crippen molar-refractivity contribution in [2.24, 2.45) is 5.73 Å². The zero-order chi connectivity index (χ0) is 14.7. The number of hydrogen-bond acceptors (Lipinski definition) is 3. The fourth-order valence-electron chi connectivity index (χ4n) is 2.30. The van der Waals surface area contributed by atoms with Gasteiger partial charge in [-0.1, -0.05) is 37.3 Å². The van der Waals surface area contributed by atoms with Gasteiger partial charge in [-0.2, -0.15) is 0 Å². The molecule has 2 N–H and O–H groups in total. The maximum atomic E-state index is 6.02. The highest BCUT2D eigenvalue weighted by Gasteiger charge is 2.06. The zero-order valence-corrected chi connectivity index (χ0v) is 12.0. The van der Waals surface area contributed by atoms with Crippen LogP contribution in [0.2, 0.25) is 0 Å². The number of para-hydroxylation sites is 1. The smallest absolute Gasteiger partial charge is 0.153 e. The molecule has 0 saturated heterocycles. The fourth-order valence-corrected chi connectivity index (χ4v) is 2.30. The molecule has 2 aromatic carbocycles. The summed E-state index contributed by atoms with van der Waals surface area (Å²) in [4.78, 5) is 4.39. The largest absolute Gasteiger partial charge is 0.455 e. The molecule has 0 aliphatic rings. The molecule has 106 valence electrons. The molecular weight excluding hydrogens is 260 g/mol. The van der Waals surface area contributed by atoms with Crippen LogP contribution in [-0.4, -0.2) is 4.98 Å². The van der Waals surface area contributed by atoms with Gasteiger partial charge in [-0.25, -0.2) is 0 Å². The molecule has 0 radical (unpaired) electrons. The summed E-state index contributed by atoms with van der Waals surface area (Å²) in [7, 11) is 0. The third-order valence-electron chi connectivity index (χ3n) is 3.57. The van der Waals surface area contributed by atoms with Crippen molar-refractivity contribution in [1.82, 2.24) is 4.98 Å². The number of fused-ring (bicyclic) bond motifs is 1. The van der Waals surface area contributed by atoms with Crippen LogP contribution < -0.4 is 10.5 Å². The zero-order valence-electron chi connectivity index (χ0n) is 12.0. The molecule has 0 amide bonds. The van der Waals surface area contributed by atoms with Gasteiger partial charge < -0.3 is 10.5 Å². The Morgan fingerprint density at radius 3 is 2.57 bits per heavy atom. The lowest BCUT2D eigenvalue weighted by Gasteiger charge is -2.11. The van der Waals surface area contributed by atoms with Gasteiger partial charge in [0.1, 0.15) is 11.3 Å². The van der Waals surface area contributed by atoms with E-state index in [0.717, 1.165) is 34.4 Å². The van der Waals surface area contributed by atoms with E-state index in [2.05, 4.69) is 11.9 Å². The highest BCUT2D eigenvalue weighted by atomic mass is 16.5. The van der Waals surface area contributed by atoms with Crippen LogP contribution in [0, 0.1) is 0 Å². The highest BCUT2D eigenvalue weighted by molar-refractivity contribution is 5.84. The molecular formula is C18H18N2O. The minimum Gasteiger partial charge on any atom is -0.455 e. The molecule has 21 heavy (non-hydrogen) atoms. The molecule has 0 aliphatic carbocycles. The molecule has 0 saturated carbocycles. The van der Waals surface area contributed by atoms with E-state index in [1.807, 2.05) is 54.6 Å². The number of ether oxygens (including phenoxy) is 1. The van der Waals surface area contributed by atoms with Crippen molar-refractivity contribution >= 4 is 10.9 Å². The van der Waals surface area contributed by atoms with Gasteiger partial charge >= 0.3 is 0 Å². The van der Waals surface area contributed by atoms with E-state index in [0.29, 0.717) is 0 Å². The normalized spacial score (nSPS) is 12.3. The average molecular weight is 278 g/mol. The van der Waals surface area contributed by atoms with Crippen molar-refractivity contribution in [2.75, 3.05) is 0 Å². The maximum absolute atomic E-state index is 6.02. The molecule has 1 aromatic heterocycles. The van der Waals surface area contributed by atoms with Crippen molar-refractivity contribution in [2.45, 2.75) is 19.4 Å². The number of rotatable bonds is 4. The predicted octanol–water partition coefficient (Wildman–Crippen LogP) is 4.44. The van der Waals surface area contributed by atoms with E-state index >= 15 is 0 Å². The standard InChI is InChI=1S/C18H18N2O/c1-2-16(19)13-8-10-15(11-9-13)21-17-7-3-5-14-6-4-12-20-18(14)17/h3-12,16H,2,19H2,1H3. The first kappa shape index (κ1) is 13.6.